The molecule has 1 aromatic heterocycles. The Morgan fingerprint density at radius 2 is 2.07 bits per heavy atom. The Bertz CT molecular complexity index is 318. The Labute approximate surface area is 91.6 Å². The van der Waals surface area contributed by atoms with E-state index < -0.39 is 0 Å². The van der Waals surface area contributed by atoms with E-state index in [1.54, 1.807) is 0 Å². The van der Waals surface area contributed by atoms with Crippen LogP contribution in [0.25, 0.3) is 0 Å². The molecule has 1 aromatic rings. The number of nitrogens with one attached hydrogen (secondary N) is 1. The third-order valence-corrected chi connectivity index (χ3v) is 2.43. The SMILES string of the molecule is Cc1nn(C)c(C)c1CNOCC(C)C. The molecule has 0 aliphatic carbocycles. The number of nitrogens with zero attached hydrogens (tertiary/aromatic N) is 2. The van der Waals surface area contributed by atoms with Gasteiger partial charge in [0.05, 0.1) is 12.3 Å². The van der Waals surface area contributed by atoms with Crippen molar-refractivity contribution in [1.29, 1.82) is 0 Å². The number of hydrogen-bond acceptors (Lipinski definition) is 3. The van der Waals surface area contributed by atoms with E-state index in [2.05, 4.69) is 31.3 Å². The van der Waals surface area contributed by atoms with Crippen LogP contribution < -0.4 is 5.48 Å². The van der Waals surface area contributed by atoms with Gasteiger partial charge in [0.15, 0.2) is 0 Å². The van der Waals surface area contributed by atoms with Gasteiger partial charge in [-0.2, -0.15) is 10.6 Å². The highest BCUT2D eigenvalue weighted by molar-refractivity contribution is 5.23. The minimum Gasteiger partial charge on any atom is -0.301 e. The van der Waals surface area contributed by atoms with Crippen molar-refractivity contribution in [1.82, 2.24) is 15.3 Å². The molecule has 4 nitrogen and oxygen atoms in total. The first-order chi connectivity index (χ1) is 7.02. The highest BCUT2D eigenvalue weighted by atomic mass is 16.6. The molecule has 0 aromatic carbocycles. The Kier molecular flexibility index (Phi) is 4.29. The molecule has 4 heteroatoms. The number of hydrogen-bond donors (Lipinski definition) is 1. The van der Waals surface area contributed by atoms with Crippen LogP contribution in [0.2, 0.25) is 0 Å². The molecular formula is C11H21N3O. The number of rotatable bonds is 5. The molecule has 0 aliphatic heterocycles. The highest BCUT2D eigenvalue weighted by Crippen LogP contribution is 2.11. The van der Waals surface area contributed by atoms with Gasteiger partial charge in [0, 0.05) is 24.8 Å². The largest absolute Gasteiger partial charge is 0.301 e. The van der Waals surface area contributed by atoms with Gasteiger partial charge < -0.3 is 4.84 Å². The molecule has 0 fully saturated rings. The lowest BCUT2D eigenvalue weighted by Crippen LogP contribution is -2.18. The van der Waals surface area contributed by atoms with Gasteiger partial charge in [0.2, 0.25) is 0 Å². The van der Waals surface area contributed by atoms with Gasteiger partial charge in [0.25, 0.3) is 0 Å². The van der Waals surface area contributed by atoms with Crippen molar-refractivity contribution in [3.63, 3.8) is 0 Å². The van der Waals surface area contributed by atoms with E-state index in [1.165, 1.54) is 11.3 Å². The van der Waals surface area contributed by atoms with E-state index in [1.807, 2.05) is 18.7 Å². The highest BCUT2D eigenvalue weighted by Gasteiger charge is 2.08. The van der Waals surface area contributed by atoms with Crippen LogP contribution in [0.15, 0.2) is 0 Å². The molecule has 0 amide bonds. The minimum absolute atomic E-state index is 0.550. The monoisotopic (exact) mass is 211 g/mol. The number of hydroxylamine groups is 1. The Morgan fingerprint density at radius 1 is 1.40 bits per heavy atom. The molecule has 0 atom stereocenters. The molecule has 0 radical (unpaired) electrons. The van der Waals surface area contributed by atoms with Crippen molar-refractivity contribution in [3.05, 3.63) is 17.0 Å². The summed E-state index contributed by atoms with van der Waals surface area (Å²) < 4.78 is 1.90. The average molecular weight is 211 g/mol. The molecule has 0 saturated heterocycles. The molecule has 1 heterocycles. The third kappa shape index (κ3) is 3.32. The smallest absolute Gasteiger partial charge is 0.0705 e. The fraction of sp³-hybridized carbons (Fsp3) is 0.727. The maximum atomic E-state index is 5.33. The van der Waals surface area contributed by atoms with Gasteiger partial charge >= 0.3 is 0 Å². The summed E-state index contributed by atoms with van der Waals surface area (Å²) >= 11 is 0. The third-order valence-electron chi connectivity index (χ3n) is 2.43. The van der Waals surface area contributed by atoms with Crippen molar-refractivity contribution in [3.8, 4) is 0 Å². The summed E-state index contributed by atoms with van der Waals surface area (Å²) in [5.74, 6) is 0.550. The van der Waals surface area contributed by atoms with Crippen LogP contribution in [0.1, 0.15) is 30.8 Å². The Morgan fingerprint density at radius 3 is 2.53 bits per heavy atom. The quantitative estimate of drug-likeness (QED) is 0.595. The second-order valence-corrected chi connectivity index (χ2v) is 4.30. The molecule has 0 aliphatic rings. The van der Waals surface area contributed by atoms with E-state index in [0.717, 1.165) is 18.8 Å². The van der Waals surface area contributed by atoms with Gasteiger partial charge in [-0.1, -0.05) is 13.8 Å². The second-order valence-electron chi connectivity index (χ2n) is 4.30. The second kappa shape index (κ2) is 5.28. The molecule has 1 rings (SSSR count). The van der Waals surface area contributed by atoms with Crippen LogP contribution in [-0.4, -0.2) is 16.4 Å². The van der Waals surface area contributed by atoms with Crippen LogP contribution in [0.4, 0.5) is 0 Å². The molecule has 0 saturated carbocycles. The van der Waals surface area contributed by atoms with E-state index in [4.69, 9.17) is 4.84 Å². The van der Waals surface area contributed by atoms with Crippen molar-refractivity contribution in [2.75, 3.05) is 6.61 Å². The summed E-state index contributed by atoms with van der Waals surface area (Å²) in [5.41, 5.74) is 6.45. The fourth-order valence-electron chi connectivity index (χ4n) is 1.42. The van der Waals surface area contributed by atoms with Gasteiger partial charge in [-0.05, 0) is 19.8 Å². The minimum atomic E-state index is 0.550. The summed E-state index contributed by atoms with van der Waals surface area (Å²) in [5, 5.41) is 4.35. The summed E-state index contributed by atoms with van der Waals surface area (Å²) in [6.07, 6.45) is 0. The van der Waals surface area contributed by atoms with Crippen LogP contribution in [0, 0.1) is 19.8 Å². The van der Waals surface area contributed by atoms with E-state index >= 15 is 0 Å². The molecule has 0 bridgehead atoms. The molecule has 86 valence electrons. The summed E-state index contributed by atoms with van der Waals surface area (Å²) in [6, 6.07) is 0. The molecule has 0 spiro atoms. The first-order valence-electron chi connectivity index (χ1n) is 5.36. The van der Waals surface area contributed by atoms with Crippen molar-refractivity contribution in [2.24, 2.45) is 13.0 Å². The lowest BCUT2D eigenvalue weighted by Gasteiger charge is -2.08. The number of aromatic nitrogens is 2. The van der Waals surface area contributed by atoms with Crippen LogP contribution >= 0.6 is 0 Å². The van der Waals surface area contributed by atoms with Crippen molar-refractivity contribution in [2.45, 2.75) is 34.2 Å². The Hall–Kier alpha value is -0.870. The lowest BCUT2D eigenvalue weighted by molar-refractivity contribution is 0.0194. The topological polar surface area (TPSA) is 39.1 Å². The van der Waals surface area contributed by atoms with Gasteiger partial charge in [-0.3, -0.25) is 4.68 Å². The number of aryl methyl sites for hydroxylation is 2. The molecular weight excluding hydrogens is 190 g/mol. The summed E-state index contributed by atoms with van der Waals surface area (Å²) in [7, 11) is 1.96. The summed E-state index contributed by atoms with van der Waals surface area (Å²) in [6.45, 7) is 9.80. The first kappa shape index (κ1) is 12.2. The maximum absolute atomic E-state index is 5.33. The van der Waals surface area contributed by atoms with Crippen LogP contribution in [-0.2, 0) is 18.4 Å². The van der Waals surface area contributed by atoms with Gasteiger partial charge in [0.1, 0.15) is 0 Å². The van der Waals surface area contributed by atoms with E-state index in [0.29, 0.717) is 5.92 Å². The summed E-state index contributed by atoms with van der Waals surface area (Å²) in [4.78, 5) is 5.33. The van der Waals surface area contributed by atoms with Gasteiger partial charge in [-0.25, -0.2) is 0 Å². The van der Waals surface area contributed by atoms with Gasteiger partial charge in [-0.15, -0.1) is 0 Å². The van der Waals surface area contributed by atoms with Crippen molar-refractivity contribution >= 4 is 0 Å². The van der Waals surface area contributed by atoms with Crippen LogP contribution in [0.3, 0.4) is 0 Å². The zero-order valence-electron chi connectivity index (χ0n) is 10.3. The van der Waals surface area contributed by atoms with Crippen LogP contribution in [0.5, 0.6) is 0 Å². The molecule has 15 heavy (non-hydrogen) atoms. The van der Waals surface area contributed by atoms with Crippen molar-refractivity contribution < 1.29 is 4.84 Å². The zero-order valence-corrected chi connectivity index (χ0v) is 10.3. The average Bonchev–Trinajstić information content (AvgIpc) is 2.37. The fourth-order valence-corrected chi connectivity index (χ4v) is 1.42. The zero-order chi connectivity index (χ0) is 11.4. The Balaban J connectivity index is 2.44. The van der Waals surface area contributed by atoms with E-state index in [9.17, 15) is 0 Å². The molecule has 0 unspecified atom stereocenters. The molecule has 1 N–H and O–H groups in total. The predicted molar refractivity (Wildman–Crippen MR) is 60.3 cm³/mol. The standard InChI is InChI=1S/C11H21N3O/c1-8(2)7-15-12-6-11-9(3)13-14(5)10(11)4/h8,12H,6-7H2,1-5H3. The first-order valence-corrected chi connectivity index (χ1v) is 5.36. The van der Waals surface area contributed by atoms with E-state index in [-0.39, 0.29) is 0 Å². The predicted octanol–water partition coefficient (Wildman–Crippen LogP) is 1.71. The maximum Gasteiger partial charge on any atom is 0.0705 e. The lowest BCUT2D eigenvalue weighted by atomic mass is 10.2. The normalized spacial score (nSPS) is 11.3.